The van der Waals surface area contributed by atoms with Gasteiger partial charge in [-0.2, -0.15) is 0 Å². The van der Waals surface area contributed by atoms with Gasteiger partial charge in [-0.1, -0.05) is 200 Å². The van der Waals surface area contributed by atoms with Gasteiger partial charge in [0.05, 0.1) is 0 Å². The van der Waals surface area contributed by atoms with Crippen molar-refractivity contribution in [2.24, 2.45) is 0 Å². The second kappa shape index (κ2) is 14.3. The SMILES string of the molecule is C1=Cc2c(cccc2-c2ccc(-c3cc(-c4ccccc4-c4ccccc4)cc4ccc(-c5c6ccccc6c(-c6ccccc6)c6ccccc56)cc34)cc2)CC1. The Hall–Kier alpha value is -7.28. The topological polar surface area (TPSA) is 0 Å². The lowest BCUT2D eigenvalue weighted by Gasteiger charge is -2.19. The van der Waals surface area contributed by atoms with E-state index in [0.717, 1.165) is 12.8 Å². The third-order valence-electron chi connectivity index (χ3n) is 12.1. The highest BCUT2D eigenvalue weighted by Crippen LogP contribution is 2.46. The predicted octanol–water partition coefficient (Wildman–Crippen LogP) is 16.1. The van der Waals surface area contributed by atoms with Gasteiger partial charge in [0, 0.05) is 0 Å². The lowest BCUT2D eigenvalue weighted by atomic mass is 9.84. The molecule has 11 rings (SSSR count). The smallest absolute Gasteiger partial charge is 0.00261 e. The fraction of sp³-hybridized carbons (Fsp3) is 0.0345. The lowest BCUT2D eigenvalue weighted by Crippen LogP contribution is -1.96. The molecule has 1 aliphatic carbocycles. The third-order valence-corrected chi connectivity index (χ3v) is 12.1. The Labute approximate surface area is 340 Å². The first-order valence-corrected chi connectivity index (χ1v) is 20.4. The molecule has 0 nitrogen and oxygen atoms in total. The molecule has 0 radical (unpaired) electrons. The highest BCUT2D eigenvalue weighted by atomic mass is 14.2. The molecule has 58 heavy (non-hydrogen) atoms. The van der Waals surface area contributed by atoms with Crippen molar-refractivity contribution in [1.29, 1.82) is 0 Å². The van der Waals surface area contributed by atoms with Gasteiger partial charge in [0.15, 0.2) is 0 Å². The number of fused-ring (bicyclic) bond motifs is 4. The van der Waals surface area contributed by atoms with E-state index >= 15 is 0 Å². The van der Waals surface area contributed by atoms with Crippen molar-refractivity contribution in [2.45, 2.75) is 12.8 Å². The van der Waals surface area contributed by atoms with Crippen LogP contribution in [0.2, 0.25) is 0 Å². The maximum absolute atomic E-state index is 2.44. The van der Waals surface area contributed by atoms with Crippen molar-refractivity contribution in [1.82, 2.24) is 0 Å². The number of benzene rings is 10. The fourth-order valence-corrected chi connectivity index (χ4v) is 9.42. The highest BCUT2D eigenvalue weighted by Gasteiger charge is 2.19. The van der Waals surface area contributed by atoms with Gasteiger partial charge in [-0.25, -0.2) is 0 Å². The highest BCUT2D eigenvalue weighted by molar-refractivity contribution is 6.22. The summed E-state index contributed by atoms with van der Waals surface area (Å²) in [4.78, 5) is 0. The van der Waals surface area contributed by atoms with Crippen LogP contribution in [0.4, 0.5) is 0 Å². The summed E-state index contributed by atoms with van der Waals surface area (Å²) in [7, 11) is 0. The summed E-state index contributed by atoms with van der Waals surface area (Å²) in [5.74, 6) is 0. The summed E-state index contributed by atoms with van der Waals surface area (Å²) >= 11 is 0. The van der Waals surface area contributed by atoms with Crippen molar-refractivity contribution in [3.05, 3.63) is 223 Å². The molecule has 0 spiro atoms. The first kappa shape index (κ1) is 34.0. The Bertz CT molecular complexity index is 3130. The molecule has 1 aliphatic rings. The Balaban J connectivity index is 1.14. The summed E-state index contributed by atoms with van der Waals surface area (Å²) in [5, 5.41) is 7.53. The van der Waals surface area contributed by atoms with Crippen LogP contribution >= 0.6 is 0 Å². The molecular formula is C58H40. The second-order valence-electron chi connectivity index (χ2n) is 15.5. The van der Waals surface area contributed by atoms with E-state index in [9.17, 15) is 0 Å². The zero-order valence-corrected chi connectivity index (χ0v) is 32.2. The molecule has 0 aliphatic heterocycles. The van der Waals surface area contributed by atoms with Gasteiger partial charge in [-0.3, -0.25) is 0 Å². The summed E-state index contributed by atoms with van der Waals surface area (Å²) in [6.07, 6.45) is 6.83. The normalized spacial score (nSPS) is 12.3. The first-order chi connectivity index (χ1) is 28.8. The van der Waals surface area contributed by atoms with Crippen LogP contribution in [0, 0.1) is 0 Å². The van der Waals surface area contributed by atoms with Crippen molar-refractivity contribution in [3.8, 4) is 66.8 Å². The molecule has 0 fully saturated rings. The van der Waals surface area contributed by atoms with Crippen molar-refractivity contribution in [3.63, 3.8) is 0 Å². The molecule has 272 valence electrons. The van der Waals surface area contributed by atoms with Crippen molar-refractivity contribution >= 4 is 38.4 Å². The van der Waals surface area contributed by atoms with Gasteiger partial charge in [-0.15, -0.1) is 0 Å². The Morgan fingerprint density at radius 2 is 0.793 bits per heavy atom. The first-order valence-electron chi connectivity index (χ1n) is 20.4. The summed E-state index contributed by atoms with van der Waals surface area (Å²) in [6, 6.07) is 76.3. The Kier molecular flexibility index (Phi) is 8.41. The fourth-order valence-electron chi connectivity index (χ4n) is 9.42. The number of aryl methyl sites for hydroxylation is 1. The molecular weight excluding hydrogens is 697 g/mol. The monoisotopic (exact) mass is 736 g/mol. The molecule has 0 N–H and O–H groups in total. The van der Waals surface area contributed by atoms with Gasteiger partial charge in [0.1, 0.15) is 0 Å². The number of rotatable bonds is 6. The average molecular weight is 737 g/mol. The molecule has 0 atom stereocenters. The van der Waals surface area contributed by atoms with Crippen LogP contribution in [0.5, 0.6) is 0 Å². The average Bonchev–Trinajstić information content (AvgIpc) is 3.30. The van der Waals surface area contributed by atoms with Crippen LogP contribution in [-0.2, 0) is 6.42 Å². The van der Waals surface area contributed by atoms with E-state index in [1.807, 2.05) is 0 Å². The number of hydrogen-bond acceptors (Lipinski definition) is 0. The summed E-state index contributed by atoms with van der Waals surface area (Å²) < 4.78 is 0. The minimum Gasteiger partial charge on any atom is -0.0836 e. The van der Waals surface area contributed by atoms with Crippen LogP contribution in [0.3, 0.4) is 0 Å². The minimum absolute atomic E-state index is 1.10. The van der Waals surface area contributed by atoms with E-state index in [1.165, 1.54) is 110 Å². The lowest BCUT2D eigenvalue weighted by molar-refractivity contribution is 0.986. The predicted molar refractivity (Wildman–Crippen MR) is 249 cm³/mol. The molecule has 0 heterocycles. The molecule has 0 saturated carbocycles. The quantitative estimate of drug-likeness (QED) is 0.149. The maximum atomic E-state index is 2.44. The van der Waals surface area contributed by atoms with Crippen LogP contribution in [0.15, 0.2) is 212 Å². The van der Waals surface area contributed by atoms with E-state index in [-0.39, 0.29) is 0 Å². The molecule has 0 bridgehead atoms. The van der Waals surface area contributed by atoms with E-state index < -0.39 is 0 Å². The minimum atomic E-state index is 1.10. The van der Waals surface area contributed by atoms with Crippen LogP contribution in [0.1, 0.15) is 17.5 Å². The summed E-state index contributed by atoms with van der Waals surface area (Å²) in [5.41, 5.74) is 17.7. The van der Waals surface area contributed by atoms with Crippen molar-refractivity contribution in [2.75, 3.05) is 0 Å². The van der Waals surface area contributed by atoms with Gasteiger partial charge in [-0.05, 0) is 141 Å². The molecule has 0 amide bonds. The standard InChI is InChI=1S/C58H40/c1-3-16-39(17-4-1)48-23-9-10-24-50(48)46-36-44-34-35-45(58-53-27-13-11-25-51(53)57(43-19-5-2-6-20-43)52-26-12-14-28-54(52)58)37-56(44)55(38-46)42-32-30-41(31-33-42)49-29-15-21-40-18-7-8-22-47(40)49/h1-6,8-17,19-38H,7,18H2. The Morgan fingerprint density at radius 3 is 1.45 bits per heavy atom. The molecule has 0 unspecified atom stereocenters. The van der Waals surface area contributed by atoms with Crippen LogP contribution in [-0.4, -0.2) is 0 Å². The molecule has 0 saturated heterocycles. The number of allylic oxidation sites excluding steroid dienone is 1. The number of hydrogen-bond donors (Lipinski definition) is 0. The van der Waals surface area contributed by atoms with E-state index in [2.05, 4.69) is 218 Å². The van der Waals surface area contributed by atoms with Gasteiger partial charge < -0.3 is 0 Å². The maximum Gasteiger partial charge on any atom is -0.00261 e. The molecule has 0 aromatic heterocycles. The van der Waals surface area contributed by atoms with E-state index in [0.29, 0.717) is 0 Å². The van der Waals surface area contributed by atoms with E-state index in [1.54, 1.807) is 0 Å². The van der Waals surface area contributed by atoms with Gasteiger partial charge in [0.25, 0.3) is 0 Å². The Morgan fingerprint density at radius 1 is 0.293 bits per heavy atom. The van der Waals surface area contributed by atoms with Gasteiger partial charge >= 0.3 is 0 Å². The summed E-state index contributed by atoms with van der Waals surface area (Å²) in [6.45, 7) is 0. The van der Waals surface area contributed by atoms with Crippen molar-refractivity contribution < 1.29 is 0 Å². The molecule has 10 aromatic rings. The van der Waals surface area contributed by atoms with Crippen LogP contribution in [0.25, 0.3) is 105 Å². The van der Waals surface area contributed by atoms with Gasteiger partial charge in [0.2, 0.25) is 0 Å². The zero-order valence-electron chi connectivity index (χ0n) is 32.2. The van der Waals surface area contributed by atoms with Crippen LogP contribution < -0.4 is 0 Å². The molecule has 10 aromatic carbocycles. The third kappa shape index (κ3) is 5.85. The van der Waals surface area contributed by atoms with E-state index in [4.69, 9.17) is 0 Å². The zero-order chi connectivity index (χ0) is 38.4. The molecule has 0 heteroatoms. The largest absolute Gasteiger partial charge is 0.0836 e. The second-order valence-corrected chi connectivity index (χ2v) is 15.5.